The quantitative estimate of drug-likeness (QED) is 0.530. The van der Waals surface area contributed by atoms with Crippen molar-refractivity contribution >= 4 is 28.0 Å². The number of hydrogen-bond acceptors (Lipinski definition) is 5. The van der Waals surface area contributed by atoms with Gasteiger partial charge < -0.3 is 4.74 Å². The fraction of sp³-hybridized carbons (Fsp3) is 0. The molecule has 112 valence electrons. The van der Waals surface area contributed by atoms with E-state index in [4.69, 9.17) is 16.3 Å². The Bertz CT molecular complexity index is 1080. The van der Waals surface area contributed by atoms with E-state index in [2.05, 4.69) is 15.3 Å². The standard InChI is InChI=1S/C16H9ClN4O2/c17-10-5-7-11(8-6-10)23-16-13-4-2-1-3-12(13)15-19-18-9-14(22)21(15)20-16/h1-9H. The fourth-order valence-electron chi connectivity index (χ4n) is 2.30. The van der Waals surface area contributed by atoms with Crippen LogP contribution in [0.4, 0.5) is 0 Å². The van der Waals surface area contributed by atoms with Crippen LogP contribution in [0.3, 0.4) is 0 Å². The number of benzene rings is 2. The van der Waals surface area contributed by atoms with E-state index in [1.807, 2.05) is 24.3 Å². The van der Waals surface area contributed by atoms with Gasteiger partial charge in [-0.1, -0.05) is 29.8 Å². The highest BCUT2D eigenvalue weighted by Gasteiger charge is 2.12. The lowest BCUT2D eigenvalue weighted by atomic mass is 10.2. The zero-order valence-corrected chi connectivity index (χ0v) is 12.4. The largest absolute Gasteiger partial charge is 0.437 e. The smallest absolute Gasteiger partial charge is 0.293 e. The van der Waals surface area contributed by atoms with Gasteiger partial charge in [0.2, 0.25) is 5.88 Å². The summed E-state index contributed by atoms with van der Waals surface area (Å²) in [5, 5.41) is 14.1. The first kappa shape index (κ1) is 13.7. The average Bonchev–Trinajstić information content (AvgIpc) is 2.58. The van der Waals surface area contributed by atoms with Crippen LogP contribution in [0.1, 0.15) is 0 Å². The van der Waals surface area contributed by atoms with Crippen LogP contribution in [0.2, 0.25) is 5.02 Å². The van der Waals surface area contributed by atoms with Gasteiger partial charge in [-0.05, 0) is 30.3 Å². The predicted molar refractivity (Wildman–Crippen MR) is 86.1 cm³/mol. The molecule has 2 aromatic carbocycles. The van der Waals surface area contributed by atoms with Gasteiger partial charge >= 0.3 is 0 Å². The monoisotopic (exact) mass is 324 g/mol. The summed E-state index contributed by atoms with van der Waals surface area (Å²) in [4.78, 5) is 12.0. The predicted octanol–water partition coefficient (Wildman–Crippen LogP) is 3.08. The van der Waals surface area contributed by atoms with Gasteiger partial charge in [0.1, 0.15) is 11.9 Å². The van der Waals surface area contributed by atoms with Gasteiger partial charge in [-0.25, -0.2) is 0 Å². The minimum Gasteiger partial charge on any atom is -0.437 e. The zero-order chi connectivity index (χ0) is 15.8. The summed E-state index contributed by atoms with van der Waals surface area (Å²) in [6.07, 6.45) is 1.11. The molecule has 2 heterocycles. The number of aromatic nitrogens is 4. The Labute approximate surface area is 134 Å². The van der Waals surface area contributed by atoms with Crippen molar-refractivity contribution in [2.24, 2.45) is 0 Å². The Kier molecular flexibility index (Phi) is 3.17. The Hall–Kier alpha value is -2.99. The molecule has 0 fully saturated rings. The SMILES string of the molecule is O=c1cnnc2c3ccccc3c(Oc3ccc(Cl)cc3)nn12. The summed E-state index contributed by atoms with van der Waals surface area (Å²) in [7, 11) is 0. The molecule has 0 aliphatic carbocycles. The molecule has 0 radical (unpaired) electrons. The van der Waals surface area contributed by atoms with Crippen molar-refractivity contribution in [2.45, 2.75) is 0 Å². The molecular formula is C16H9ClN4O2. The lowest BCUT2D eigenvalue weighted by Crippen LogP contribution is -2.18. The van der Waals surface area contributed by atoms with Crippen LogP contribution in [0.25, 0.3) is 16.4 Å². The minimum absolute atomic E-state index is 0.311. The van der Waals surface area contributed by atoms with Gasteiger partial charge in [0.05, 0.1) is 0 Å². The van der Waals surface area contributed by atoms with E-state index in [0.717, 1.165) is 17.0 Å². The number of rotatable bonds is 2. The van der Waals surface area contributed by atoms with Crippen molar-refractivity contribution < 1.29 is 4.74 Å². The van der Waals surface area contributed by atoms with Crippen LogP contribution < -0.4 is 10.3 Å². The van der Waals surface area contributed by atoms with Crippen molar-refractivity contribution in [3.8, 4) is 11.6 Å². The number of halogens is 1. The summed E-state index contributed by atoms with van der Waals surface area (Å²) in [5.41, 5.74) is 0.0123. The first-order valence-electron chi connectivity index (χ1n) is 6.79. The second-order valence-corrected chi connectivity index (χ2v) is 5.26. The second kappa shape index (κ2) is 5.33. The van der Waals surface area contributed by atoms with Crippen molar-refractivity contribution in [3.05, 3.63) is 70.1 Å². The molecule has 2 aromatic heterocycles. The normalized spacial score (nSPS) is 11.0. The van der Waals surface area contributed by atoms with Gasteiger partial charge in [0.25, 0.3) is 5.56 Å². The molecule has 7 heteroatoms. The molecule has 0 amide bonds. The summed E-state index contributed by atoms with van der Waals surface area (Å²) < 4.78 is 7.01. The van der Waals surface area contributed by atoms with E-state index in [1.54, 1.807) is 24.3 Å². The Morgan fingerprint density at radius 3 is 2.52 bits per heavy atom. The van der Waals surface area contributed by atoms with Gasteiger partial charge in [-0.2, -0.15) is 9.61 Å². The molecular weight excluding hydrogens is 316 g/mol. The summed E-state index contributed by atoms with van der Waals surface area (Å²) >= 11 is 5.88. The van der Waals surface area contributed by atoms with Crippen molar-refractivity contribution in [3.63, 3.8) is 0 Å². The maximum atomic E-state index is 12.0. The Balaban J connectivity index is 1.98. The topological polar surface area (TPSA) is 69.4 Å². The van der Waals surface area contributed by atoms with E-state index in [-0.39, 0.29) is 5.56 Å². The van der Waals surface area contributed by atoms with Gasteiger partial charge in [0, 0.05) is 15.8 Å². The van der Waals surface area contributed by atoms with E-state index >= 15 is 0 Å². The third kappa shape index (κ3) is 2.39. The van der Waals surface area contributed by atoms with E-state index in [1.165, 1.54) is 4.52 Å². The lowest BCUT2D eigenvalue weighted by Gasteiger charge is -2.10. The summed E-state index contributed by atoms with van der Waals surface area (Å²) in [6.45, 7) is 0. The van der Waals surface area contributed by atoms with Crippen LogP contribution in [-0.4, -0.2) is 19.8 Å². The summed E-state index contributed by atoms with van der Waals surface area (Å²) in [6, 6.07) is 14.3. The third-order valence-corrected chi connectivity index (χ3v) is 3.60. The number of nitrogens with zero attached hydrogens (tertiary/aromatic N) is 4. The molecule has 23 heavy (non-hydrogen) atoms. The van der Waals surface area contributed by atoms with Crippen LogP contribution >= 0.6 is 11.6 Å². The molecule has 0 bridgehead atoms. The third-order valence-electron chi connectivity index (χ3n) is 3.35. The lowest BCUT2D eigenvalue weighted by molar-refractivity contribution is 0.457. The fourth-order valence-corrected chi connectivity index (χ4v) is 2.42. The molecule has 4 aromatic rings. The molecule has 0 saturated carbocycles. The first-order valence-corrected chi connectivity index (χ1v) is 7.17. The van der Waals surface area contributed by atoms with Crippen LogP contribution in [0.5, 0.6) is 11.6 Å². The molecule has 0 saturated heterocycles. The molecule has 0 unspecified atom stereocenters. The van der Waals surface area contributed by atoms with Crippen LogP contribution in [0.15, 0.2) is 59.5 Å². The number of fused-ring (bicyclic) bond motifs is 3. The summed E-state index contributed by atoms with van der Waals surface area (Å²) in [5.74, 6) is 0.881. The van der Waals surface area contributed by atoms with Gasteiger partial charge in [-0.3, -0.25) is 4.79 Å². The molecule has 0 aliphatic rings. The Morgan fingerprint density at radius 1 is 1.00 bits per heavy atom. The molecule has 4 rings (SSSR count). The zero-order valence-electron chi connectivity index (χ0n) is 11.7. The van der Waals surface area contributed by atoms with Crippen LogP contribution in [-0.2, 0) is 0 Å². The van der Waals surface area contributed by atoms with Crippen molar-refractivity contribution in [1.29, 1.82) is 0 Å². The first-order chi connectivity index (χ1) is 11.2. The highest BCUT2D eigenvalue weighted by Crippen LogP contribution is 2.29. The average molecular weight is 325 g/mol. The van der Waals surface area contributed by atoms with E-state index < -0.39 is 0 Å². The number of ether oxygens (including phenoxy) is 1. The maximum absolute atomic E-state index is 12.0. The molecule has 0 atom stereocenters. The highest BCUT2D eigenvalue weighted by atomic mass is 35.5. The molecule has 0 aliphatic heterocycles. The number of hydrogen-bond donors (Lipinski definition) is 0. The molecule has 6 nitrogen and oxygen atoms in total. The van der Waals surface area contributed by atoms with Crippen LogP contribution in [0, 0.1) is 0 Å². The second-order valence-electron chi connectivity index (χ2n) is 4.82. The Morgan fingerprint density at radius 2 is 1.74 bits per heavy atom. The van der Waals surface area contributed by atoms with E-state index in [9.17, 15) is 4.79 Å². The highest BCUT2D eigenvalue weighted by molar-refractivity contribution is 6.30. The van der Waals surface area contributed by atoms with Crippen molar-refractivity contribution in [1.82, 2.24) is 19.8 Å². The van der Waals surface area contributed by atoms with Gasteiger partial charge in [0.15, 0.2) is 5.65 Å². The van der Waals surface area contributed by atoms with Gasteiger partial charge in [-0.15, -0.1) is 10.2 Å². The molecule has 0 spiro atoms. The minimum atomic E-state index is -0.373. The maximum Gasteiger partial charge on any atom is 0.293 e. The molecule has 0 N–H and O–H groups in total. The van der Waals surface area contributed by atoms with E-state index in [0.29, 0.717) is 22.3 Å². The van der Waals surface area contributed by atoms with Crippen molar-refractivity contribution in [2.75, 3.05) is 0 Å².